The van der Waals surface area contributed by atoms with Crippen molar-refractivity contribution in [3.05, 3.63) is 0 Å². The van der Waals surface area contributed by atoms with Crippen molar-refractivity contribution < 1.29 is 13.3 Å². The van der Waals surface area contributed by atoms with E-state index in [0.29, 0.717) is 5.88 Å². The van der Waals surface area contributed by atoms with Gasteiger partial charge in [-0.1, -0.05) is 0 Å². The van der Waals surface area contributed by atoms with Gasteiger partial charge in [-0.25, -0.2) is 0 Å². The molecular weight excluding hydrogens is 268 g/mol. The molecule has 0 saturated carbocycles. The van der Waals surface area contributed by atoms with Crippen LogP contribution in [0.4, 0.5) is 0 Å². The van der Waals surface area contributed by atoms with Crippen molar-refractivity contribution >= 4 is 20.4 Å². The molecule has 0 unspecified atom stereocenters. The van der Waals surface area contributed by atoms with Crippen LogP contribution in [0.5, 0.6) is 0 Å². The van der Waals surface area contributed by atoms with Gasteiger partial charge in [0.05, 0.1) is 0 Å². The van der Waals surface area contributed by atoms with Crippen molar-refractivity contribution in [2.75, 3.05) is 5.88 Å². The van der Waals surface area contributed by atoms with Gasteiger partial charge in [-0.2, -0.15) is 0 Å². The highest BCUT2D eigenvalue weighted by atomic mass is 35.5. The molecule has 0 aromatic rings. The lowest BCUT2D eigenvalue weighted by Crippen LogP contribution is -2.50. The summed E-state index contributed by atoms with van der Waals surface area (Å²) in [7, 11) is -2.58. The fourth-order valence-electron chi connectivity index (χ4n) is 1.77. The van der Waals surface area contributed by atoms with E-state index >= 15 is 0 Å². The molecule has 0 amide bonds. The molecule has 0 fully saturated rings. The summed E-state index contributed by atoms with van der Waals surface area (Å²) in [6, 6.07) is 0.842. The summed E-state index contributed by atoms with van der Waals surface area (Å²) in [6.07, 6.45) is 2.31. The molecule has 0 bridgehead atoms. The van der Waals surface area contributed by atoms with E-state index in [1.165, 1.54) is 0 Å². The summed E-state index contributed by atoms with van der Waals surface area (Å²) in [6.45, 7) is 12.1. The van der Waals surface area contributed by atoms with Crippen molar-refractivity contribution in [3.63, 3.8) is 0 Å². The first-order valence-corrected chi connectivity index (χ1v) is 9.37. The molecule has 0 aliphatic rings. The number of unbranched alkanes of at least 4 members (excludes halogenated alkanes) is 1. The van der Waals surface area contributed by atoms with Crippen LogP contribution in [-0.2, 0) is 13.3 Å². The molecule has 0 N–H and O–H groups in total. The van der Waals surface area contributed by atoms with E-state index in [0.717, 1.165) is 18.9 Å². The maximum absolute atomic E-state index is 6.06. The van der Waals surface area contributed by atoms with Crippen LogP contribution in [0.15, 0.2) is 0 Å². The Kier molecular flexibility index (Phi) is 9.52. The van der Waals surface area contributed by atoms with Crippen LogP contribution in [0, 0.1) is 0 Å². The molecule has 0 atom stereocenters. The van der Waals surface area contributed by atoms with Gasteiger partial charge in [-0.3, -0.25) is 0 Å². The Morgan fingerprint density at radius 1 is 0.778 bits per heavy atom. The first-order valence-electron chi connectivity index (χ1n) is 6.90. The smallest absolute Gasteiger partial charge is 0.371 e. The summed E-state index contributed by atoms with van der Waals surface area (Å²) in [4.78, 5) is 0. The molecule has 0 heterocycles. The Hall–Kier alpha value is 0.387. The Morgan fingerprint density at radius 2 is 1.17 bits per heavy atom. The second kappa shape index (κ2) is 9.32. The van der Waals surface area contributed by atoms with Crippen molar-refractivity contribution in [1.82, 2.24) is 0 Å². The summed E-state index contributed by atoms with van der Waals surface area (Å²) in [5.74, 6) is 0.676. The van der Waals surface area contributed by atoms with Gasteiger partial charge in [0.1, 0.15) is 0 Å². The van der Waals surface area contributed by atoms with Crippen LogP contribution < -0.4 is 0 Å². The fraction of sp³-hybridized carbons (Fsp3) is 1.00. The van der Waals surface area contributed by atoms with E-state index < -0.39 is 8.80 Å². The SMILES string of the molecule is CC(C)O[Si](CCCCCl)(OC(C)C)OC(C)C. The van der Waals surface area contributed by atoms with Crippen LogP contribution in [0.25, 0.3) is 0 Å². The lowest BCUT2D eigenvalue weighted by molar-refractivity contribution is 0.00288. The summed E-state index contributed by atoms with van der Waals surface area (Å²) < 4.78 is 18.2. The average Bonchev–Trinajstić information content (AvgIpc) is 2.13. The molecule has 3 nitrogen and oxygen atoms in total. The molecule has 0 aliphatic carbocycles. The Morgan fingerprint density at radius 3 is 1.44 bits per heavy atom. The van der Waals surface area contributed by atoms with Gasteiger partial charge in [0, 0.05) is 30.2 Å². The van der Waals surface area contributed by atoms with Crippen LogP contribution in [0.2, 0.25) is 6.04 Å². The zero-order chi connectivity index (χ0) is 14.2. The molecule has 5 heteroatoms. The van der Waals surface area contributed by atoms with Crippen LogP contribution in [0.1, 0.15) is 54.4 Å². The number of hydrogen-bond donors (Lipinski definition) is 0. The molecule has 0 radical (unpaired) electrons. The summed E-state index contributed by atoms with van der Waals surface area (Å²) >= 11 is 5.74. The first kappa shape index (κ1) is 18.4. The lowest BCUT2D eigenvalue weighted by atomic mass is 10.4. The fourth-order valence-corrected chi connectivity index (χ4v) is 5.32. The third kappa shape index (κ3) is 8.48. The van der Waals surface area contributed by atoms with Gasteiger partial charge in [0.15, 0.2) is 0 Å². The molecule has 0 aliphatic heterocycles. The zero-order valence-electron chi connectivity index (χ0n) is 12.7. The first-order chi connectivity index (χ1) is 8.31. The lowest BCUT2D eigenvalue weighted by Gasteiger charge is -2.34. The Bertz CT molecular complexity index is 184. The van der Waals surface area contributed by atoms with E-state index in [9.17, 15) is 0 Å². The minimum Gasteiger partial charge on any atom is -0.371 e. The quantitative estimate of drug-likeness (QED) is 0.343. The number of hydrogen-bond acceptors (Lipinski definition) is 3. The predicted octanol–water partition coefficient (Wildman–Crippen LogP) is 4.22. The second-order valence-electron chi connectivity index (χ2n) is 5.33. The highest BCUT2D eigenvalue weighted by Gasteiger charge is 2.43. The number of rotatable bonds is 10. The second-order valence-corrected chi connectivity index (χ2v) is 8.28. The molecule has 110 valence electrons. The van der Waals surface area contributed by atoms with E-state index in [1.54, 1.807) is 0 Å². The highest BCUT2D eigenvalue weighted by molar-refractivity contribution is 6.60. The van der Waals surface area contributed by atoms with Crippen molar-refractivity contribution in [2.24, 2.45) is 0 Å². The van der Waals surface area contributed by atoms with Gasteiger partial charge in [0.25, 0.3) is 0 Å². The summed E-state index contributed by atoms with van der Waals surface area (Å²) in [5, 5.41) is 0. The topological polar surface area (TPSA) is 27.7 Å². The standard InChI is InChI=1S/C13H29ClO3Si/c1-11(2)15-18(16-12(3)4,17-13(5)6)10-8-7-9-14/h11-13H,7-10H2,1-6H3. The van der Waals surface area contributed by atoms with Crippen molar-refractivity contribution in [2.45, 2.75) is 78.7 Å². The monoisotopic (exact) mass is 296 g/mol. The van der Waals surface area contributed by atoms with Gasteiger partial charge in [0.2, 0.25) is 0 Å². The third-order valence-corrected chi connectivity index (χ3v) is 5.84. The third-order valence-electron chi connectivity index (χ3n) is 2.11. The van der Waals surface area contributed by atoms with Crippen molar-refractivity contribution in [3.8, 4) is 0 Å². The summed E-state index contributed by atoms with van der Waals surface area (Å²) in [5.41, 5.74) is 0. The number of alkyl halides is 1. The number of halogens is 1. The zero-order valence-corrected chi connectivity index (χ0v) is 14.4. The maximum Gasteiger partial charge on any atom is 0.501 e. The predicted molar refractivity (Wildman–Crippen MR) is 79.2 cm³/mol. The Labute approximate surface area is 119 Å². The molecule has 0 rings (SSSR count). The van der Waals surface area contributed by atoms with Crippen LogP contribution >= 0.6 is 11.6 Å². The van der Waals surface area contributed by atoms with Gasteiger partial charge >= 0.3 is 8.80 Å². The highest BCUT2D eigenvalue weighted by Crippen LogP contribution is 2.24. The average molecular weight is 297 g/mol. The van der Waals surface area contributed by atoms with Gasteiger partial charge in [-0.15, -0.1) is 11.6 Å². The molecule has 0 aromatic carbocycles. The van der Waals surface area contributed by atoms with Crippen molar-refractivity contribution in [1.29, 1.82) is 0 Å². The largest absolute Gasteiger partial charge is 0.501 e. The normalized spacial score (nSPS) is 13.0. The van der Waals surface area contributed by atoms with Crippen LogP contribution in [0.3, 0.4) is 0 Å². The van der Waals surface area contributed by atoms with Crippen LogP contribution in [-0.4, -0.2) is 33.0 Å². The minimum absolute atomic E-state index is 0.116. The maximum atomic E-state index is 6.06. The van der Waals surface area contributed by atoms with Gasteiger partial charge in [-0.05, 0) is 54.4 Å². The molecule has 18 heavy (non-hydrogen) atoms. The minimum atomic E-state index is -2.58. The van der Waals surface area contributed by atoms with E-state index in [1.807, 2.05) is 41.5 Å². The van der Waals surface area contributed by atoms with Gasteiger partial charge < -0.3 is 13.3 Å². The van der Waals surface area contributed by atoms with E-state index in [4.69, 9.17) is 24.9 Å². The molecule has 0 spiro atoms. The molecular formula is C13H29ClO3Si. The molecule has 0 saturated heterocycles. The van der Waals surface area contributed by atoms with E-state index in [2.05, 4.69) is 0 Å². The molecule has 0 aromatic heterocycles. The Balaban J connectivity index is 4.74. The van der Waals surface area contributed by atoms with E-state index in [-0.39, 0.29) is 18.3 Å².